The molecule has 0 aliphatic rings. The lowest BCUT2D eigenvalue weighted by Gasteiger charge is -2.14. The minimum atomic E-state index is -0.556. The number of carbonyl (C=O) groups is 2. The zero-order valence-electron chi connectivity index (χ0n) is 11.2. The molecule has 2 aromatic rings. The van der Waals surface area contributed by atoms with Crippen LogP contribution in [0.5, 0.6) is 0 Å². The Hall–Kier alpha value is -2.56. The van der Waals surface area contributed by atoms with Crippen LogP contribution in [-0.2, 0) is 4.79 Å². The average molecular weight is 271 g/mol. The first-order valence-corrected chi connectivity index (χ1v) is 6.39. The van der Waals surface area contributed by atoms with Crippen molar-refractivity contribution in [3.05, 3.63) is 54.4 Å². The Bertz CT molecular complexity index is 605. The largest absolute Gasteiger partial charge is 0.366 e. The molecule has 0 bridgehead atoms. The number of nitrogens with zero attached hydrogens (tertiary/aromatic N) is 1. The zero-order chi connectivity index (χ0) is 14.5. The topological polar surface area (TPSA) is 77.1 Å². The Morgan fingerprint density at radius 2 is 1.85 bits per heavy atom. The highest BCUT2D eigenvalue weighted by atomic mass is 16.2. The number of carbonyl (C=O) groups excluding carboxylic acids is 2. The Morgan fingerprint density at radius 1 is 1.20 bits per heavy atom. The summed E-state index contributed by atoms with van der Waals surface area (Å²) in [5.41, 5.74) is 6.04. The number of rotatable bonds is 5. The fourth-order valence-electron chi connectivity index (χ4n) is 2.02. The highest BCUT2D eigenvalue weighted by Crippen LogP contribution is 2.17. The van der Waals surface area contributed by atoms with E-state index in [0.29, 0.717) is 17.7 Å². The summed E-state index contributed by atoms with van der Waals surface area (Å²) in [5, 5.41) is 2.73. The van der Waals surface area contributed by atoms with Gasteiger partial charge >= 0.3 is 0 Å². The van der Waals surface area contributed by atoms with Crippen LogP contribution in [0.25, 0.3) is 0 Å². The predicted octanol–water partition coefficient (Wildman–Crippen LogP) is 2.18. The predicted molar refractivity (Wildman–Crippen MR) is 77.3 cm³/mol. The Balaban J connectivity index is 2.03. The lowest BCUT2D eigenvalue weighted by Crippen LogP contribution is -2.20. The van der Waals surface area contributed by atoms with Gasteiger partial charge in [-0.05, 0) is 31.2 Å². The fraction of sp³-hybridized carbons (Fsp3) is 0.200. The van der Waals surface area contributed by atoms with Crippen molar-refractivity contribution in [2.45, 2.75) is 19.4 Å². The molecule has 0 radical (unpaired) electrons. The van der Waals surface area contributed by atoms with E-state index >= 15 is 0 Å². The van der Waals surface area contributed by atoms with Gasteiger partial charge in [-0.2, -0.15) is 0 Å². The lowest BCUT2D eigenvalue weighted by atomic mass is 10.1. The van der Waals surface area contributed by atoms with E-state index in [-0.39, 0.29) is 11.9 Å². The molecule has 1 aromatic carbocycles. The van der Waals surface area contributed by atoms with Gasteiger partial charge in [0.15, 0.2) is 0 Å². The standard InChI is InChI=1S/C15H17N3O2/c1-11(18-8-4-5-9-18)10-14(19)17-13-7-3-2-6-12(13)15(16)20/h2-9,11H,10H2,1H3,(H2,16,20)(H,17,19). The second-order valence-corrected chi connectivity index (χ2v) is 4.64. The molecular weight excluding hydrogens is 254 g/mol. The number of amides is 2. The summed E-state index contributed by atoms with van der Waals surface area (Å²) in [5.74, 6) is -0.709. The molecule has 5 nitrogen and oxygen atoms in total. The van der Waals surface area contributed by atoms with Crippen LogP contribution in [-0.4, -0.2) is 16.4 Å². The smallest absolute Gasteiger partial charge is 0.250 e. The quantitative estimate of drug-likeness (QED) is 0.874. The molecule has 2 amide bonds. The van der Waals surface area contributed by atoms with Crippen LogP contribution in [0.1, 0.15) is 29.7 Å². The van der Waals surface area contributed by atoms with Crippen LogP contribution in [0.4, 0.5) is 5.69 Å². The van der Waals surface area contributed by atoms with E-state index in [9.17, 15) is 9.59 Å². The molecule has 0 aliphatic carbocycles. The van der Waals surface area contributed by atoms with Gasteiger partial charge in [0.2, 0.25) is 5.91 Å². The molecule has 1 atom stereocenters. The van der Waals surface area contributed by atoms with Gasteiger partial charge in [-0.1, -0.05) is 12.1 Å². The van der Waals surface area contributed by atoms with Crippen LogP contribution < -0.4 is 11.1 Å². The minimum absolute atomic E-state index is 0.0470. The number of nitrogens with one attached hydrogen (secondary N) is 1. The zero-order valence-corrected chi connectivity index (χ0v) is 11.2. The summed E-state index contributed by atoms with van der Waals surface area (Å²) in [6.45, 7) is 1.96. The summed E-state index contributed by atoms with van der Waals surface area (Å²) in [4.78, 5) is 23.3. The maximum absolute atomic E-state index is 12.0. The molecule has 1 aromatic heterocycles. The van der Waals surface area contributed by atoms with E-state index in [1.165, 1.54) is 0 Å². The number of benzene rings is 1. The Morgan fingerprint density at radius 3 is 2.50 bits per heavy atom. The molecule has 20 heavy (non-hydrogen) atoms. The number of hydrogen-bond acceptors (Lipinski definition) is 2. The van der Waals surface area contributed by atoms with E-state index in [4.69, 9.17) is 5.73 Å². The van der Waals surface area contributed by atoms with Crippen molar-refractivity contribution in [3.8, 4) is 0 Å². The van der Waals surface area contributed by atoms with Gasteiger partial charge in [0, 0.05) is 24.9 Å². The molecule has 0 aliphatic heterocycles. The van der Waals surface area contributed by atoms with E-state index in [2.05, 4.69) is 5.32 Å². The SMILES string of the molecule is CC(CC(=O)Nc1ccccc1C(N)=O)n1cccc1. The van der Waals surface area contributed by atoms with Crippen molar-refractivity contribution in [3.63, 3.8) is 0 Å². The number of anilines is 1. The van der Waals surface area contributed by atoms with Gasteiger partial charge in [0.25, 0.3) is 5.91 Å². The highest BCUT2D eigenvalue weighted by Gasteiger charge is 2.13. The normalized spacial score (nSPS) is 11.8. The Labute approximate surface area is 117 Å². The molecule has 1 unspecified atom stereocenters. The molecule has 0 saturated carbocycles. The minimum Gasteiger partial charge on any atom is -0.366 e. The van der Waals surface area contributed by atoms with Crippen LogP contribution in [0, 0.1) is 0 Å². The summed E-state index contributed by atoms with van der Waals surface area (Å²) in [6.07, 6.45) is 4.15. The molecule has 5 heteroatoms. The lowest BCUT2D eigenvalue weighted by molar-refractivity contribution is -0.116. The Kier molecular flexibility index (Phi) is 4.20. The number of nitrogens with two attached hydrogens (primary N) is 1. The average Bonchev–Trinajstić information content (AvgIpc) is 2.92. The van der Waals surface area contributed by atoms with Crippen LogP contribution in [0.15, 0.2) is 48.8 Å². The summed E-state index contributed by atoms with van der Waals surface area (Å²) in [7, 11) is 0. The van der Waals surface area contributed by atoms with Gasteiger partial charge in [-0.25, -0.2) is 0 Å². The number of hydrogen-bond donors (Lipinski definition) is 2. The molecule has 0 spiro atoms. The molecule has 104 valence electrons. The van der Waals surface area contributed by atoms with Crippen molar-refractivity contribution in [1.29, 1.82) is 0 Å². The summed E-state index contributed by atoms with van der Waals surface area (Å²) >= 11 is 0. The van der Waals surface area contributed by atoms with Crippen molar-refractivity contribution in [1.82, 2.24) is 4.57 Å². The van der Waals surface area contributed by atoms with E-state index in [1.54, 1.807) is 24.3 Å². The van der Waals surface area contributed by atoms with Crippen molar-refractivity contribution < 1.29 is 9.59 Å². The third-order valence-electron chi connectivity index (χ3n) is 3.08. The maximum atomic E-state index is 12.0. The second-order valence-electron chi connectivity index (χ2n) is 4.64. The number of aromatic nitrogens is 1. The van der Waals surface area contributed by atoms with Gasteiger partial charge in [-0.3, -0.25) is 9.59 Å². The number of primary amides is 1. The molecule has 0 fully saturated rings. The molecule has 2 rings (SSSR count). The van der Waals surface area contributed by atoms with E-state index < -0.39 is 5.91 Å². The first kappa shape index (κ1) is 13.9. The maximum Gasteiger partial charge on any atom is 0.250 e. The van der Waals surface area contributed by atoms with Crippen LogP contribution in [0.3, 0.4) is 0 Å². The third kappa shape index (κ3) is 3.26. The third-order valence-corrected chi connectivity index (χ3v) is 3.08. The highest BCUT2D eigenvalue weighted by molar-refractivity contribution is 6.03. The van der Waals surface area contributed by atoms with E-state index in [0.717, 1.165) is 0 Å². The van der Waals surface area contributed by atoms with Crippen molar-refractivity contribution in [2.24, 2.45) is 5.73 Å². The monoisotopic (exact) mass is 271 g/mol. The van der Waals surface area contributed by atoms with Gasteiger partial charge in [-0.15, -0.1) is 0 Å². The first-order valence-electron chi connectivity index (χ1n) is 6.39. The second kappa shape index (κ2) is 6.06. The van der Waals surface area contributed by atoms with Gasteiger partial charge in [0.05, 0.1) is 11.3 Å². The summed E-state index contributed by atoms with van der Waals surface area (Å²) in [6, 6.07) is 10.6. The fourth-order valence-corrected chi connectivity index (χ4v) is 2.02. The number of para-hydroxylation sites is 1. The van der Waals surface area contributed by atoms with Gasteiger partial charge < -0.3 is 15.6 Å². The van der Waals surface area contributed by atoms with Gasteiger partial charge in [0.1, 0.15) is 0 Å². The van der Waals surface area contributed by atoms with E-state index in [1.807, 2.05) is 36.0 Å². The molecule has 3 N–H and O–H groups in total. The van der Waals surface area contributed by atoms with Crippen molar-refractivity contribution >= 4 is 17.5 Å². The van der Waals surface area contributed by atoms with Crippen LogP contribution in [0.2, 0.25) is 0 Å². The molecule has 0 saturated heterocycles. The van der Waals surface area contributed by atoms with Crippen LogP contribution >= 0.6 is 0 Å². The molecule has 1 heterocycles. The summed E-state index contributed by atoms with van der Waals surface area (Å²) < 4.78 is 1.96. The first-order chi connectivity index (χ1) is 9.58. The van der Waals surface area contributed by atoms with Crippen molar-refractivity contribution in [2.75, 3.05) is 5.32 Å². The molecular formula is C15H17N3O2.